The Hall–Kier alpha value is -3.15. The number of carbonyl (C=O) groups excluding carboxylic acids is 1. The second-order valence-corrected chi connectivity index (χ2v) is 9.88. The molecule has 5 rings (SSSR count). The lowest BCUT2D eigenvalue weighted by molar-refractivity contribution is -0.113. The predicted octanol–water partition coefficient (Wildman–Crippen LogP) is 4.35. The van der Waals surface area contributed by atoms with Crippen molar-refractivity contribution in [1.29, 1.82) is 0 Å². The Balaban J connectivity index is 1.43. The first-order chi connectivity index (χ1) is 16.2. The molecular formula is C22H19N5O3S3. The molecule has 0 fully saturated rings. The molecule has 1 N–H and O–H groups in total. The summed E-state index contributed by atoms with van der Waals surface area (Å²) in [6.07, 6.45) is 0. The van der Waals surface area contributed by atoms with Gasteiger partial charge in [0, 0.05) is 4.88 Å². The Bertz CT molecular complexity index is 1490. The zero-order valence-corrected chi connectivity index (χ0v) is 20.0. The molecule has 8 nitrogen and oxygen atoms in total. The van der Waals surface area contributed by atoms with Gasteiger partial charge >= 0.3 is 0 Å². The van der Waals surface area contributed by atoms with Gasteiger partial charge in [-0.05, 0) is 41.9 Å². The fourth-order valence-corrected chi connectivity index (χ4v) is 5.72. The molecule has 0 aliphatic rings. The van der Waals surface area contributed by atoms with Crippen LogP contribution in [0.1, 0.15) is 11.8 Å². The topological polar surface area (TPSA) is 90.5 Å². The standard InChI is InChI=1S/C22H19N5O3S3/c1-2-30-17-8-4-3-7-15(17)23-18(28)13-33-22-25-24-21-26(12-14-6-5-10-31-14)20(29)19-16(27(21)22)9-11-32-19/h3-11H,2,12-13H2,1H3,(H,23,28). The molecule has 1 amide bonds. The van der Waals surface area contributed by atoms with Crippen molar-refractivity contribution in [3.63, 3.8) is 0 Å². The minimum atomic E-state index is -0.183. The number of rotatable bonds is 8. The van der Waals surface area contributed by atoms with Crippen LogP contribution in [-0.4, -0.2) is 37.4 Å². The molecule has 4 heterocycles. The monoisotopic (exact) mass is 497 g/mol. The molecule has 0 saturated carbocycles. The highest BCUT2D eigenvalue weighted by Gasteiger charge is 2.19. The van der Waals surface area contributed by atoms with Gasteiger partial charge in [-0.25, -0.2) is 0 Å². The Labute approximate surface area is 200 Å². The Morgan fingerprint density at radius 1 is 1.12 bits per heavy atom. The molecule has 0 radical (unpaired) electrons. The molecule has 0 spiro atoms. The number of thioether (sulfide) groups is 1. The molecule has 0 unspecified atom stereocenters. The van der Waals surface area contributed by atoms with Gasteiger partial charge in [-0.15, -0.1) is 32.9 Å². The molecule has 1 aromatic carbocycles. The van der Waals surface area contributed by atoms with Gasteiger partial charge in [0.05, 0.1) is 30.1 Å². The van der Waals surface area contributed by atoms with E-state index in [0.29, 0.717) is 40.2 Å². The molecule has 4 aromatic heterocycles. The van der Waals surface area contributed by atoms with Gasteiger partial charge in [0.1, 0.15) is 10.4 Å². The molecule has 33 heavy (non-hydrogen) atoms. The van der Waals surface area contributed by atoms with E-state index in [2.05, 4.69) is 15.5 Å². The minimum Gasteiger partial charge on any atom is -0.492 e. The van der Waals surface area contributed by atoms with Crippen LogP contribution in [0.3, 0.4) is 0 Å². The summed E-state index contributed by atoms with van der Waals surface area (Å²) < 4.78 is 9.70. The SMILES string of the molecule is CCOc1ccccc1NC(=O)CSc1nnc2n(Cc3cccs3)c(=O)c3sccc3n12. The van der Waals surface area contributed by atoms with Gasteiger partial charge in [0.15, 0.2) is 5.16 Å². The molecule has 0 aliphatic heterocycles. The van der Waals surface area contributed by atoms with Gasteiger partial charge in [0.25, 0.3) is 5.56 Å². The summed E-state index contributed by atoms with van der Waals surface area (Å²) in [6, 6.07) is 13.2. The third-order valence-electron chi connectivity index (χ3n) is 4.87. The first kappa shape index (κ1) is 21.7. The summed E-state index contributed by atoms with van der Waals surface area (Å²) in [6.45, 7) is 2.83. The van der Waals surface area contributed by atoms with Crippen molar-refractivity contribution in [2.45, 2.75) is 18.6 Å². The maximum Gasteiger partial charge on any atom is 0.273 e. The average Bonchev–Trinajstić information content (AvgIpc) is 3.57. The van der Waals surface area contributed by atoms with Crippen molar-refractivity contribution in [1.82, 2.24) is 19.2 Å². The van der Waals surface area contributed by atoms with Crippen molar-refractivity contribution < 1.29 is 9.53 Å². The summed E-state index contributed by atoms with van der Waals surface area (Å²) in [4.78, 5) is 26.8. The van der Waals surface area contributed by atoms with Gasteiger partial charge in [-0.3, -0.25) is 18.6 Å². The molecular weight excluding hydrogens is 478 g/mol. The number of anilines is 1. The number of ether oxygens (including phenoxy) is 1. The summed E-state index contributed by atoms with van der Waals surface area (Å²) in [7, 11) is 0. The highest BCUT2D eigenvalue weighted by Crippen LogP contribution is 2.27. The quantitative estimate of drug-likeness (QED) is 0.321. The van der Waals surface area contributed by atoms with Crippen molar-refractivity contribution in [2.75, 3.05) is 17.7 Å². The number of carbonyl (C=O) groups is 1. The van der Waals surface area contributed by atoms with E-state index in [1.807, 2.05) is 58.5 Å². The zero-order valence-electron chi connectivity index (χ0n) is 17.6. The van der Waals surface area contributed by atoms with Crippen LogP contribution in [0.5, 0.6) is 5.75 Å². The lowest BCUT2D eigenvalue weighted by Crippen LogP contribution is -2.22. The first-order valence-electron chi connectivity index (χ1n) is 10.2. The number of thiophene rings is 2. The highest BCUT2D eigenvalue weighted by molar-refractivity contribution is 7.99. The van der Waals surface area contributed by atoms with Crippen LogP contribution in [0.25, 0.3) is 16.0 Å². The number of aromatic nitrogens is 4. The molecule has 0 saturated heterocycles. The van der Waals surface area contributed by atoms with Gasteiger partial charge in [-0.2, -0.15) is 0 Å². The summed E-state index contributed by atoms with van der Waals surface area (Å²) in [5.74, 6) is 1.04. The first-order valence-corrected chi connectivity index (χ1v) is 12.9. The van der Waals surface area contributed by atoms with E-state index in [-0.39, 0.29) is 17.2 Å². The minimum absolute atomic E-state index is 0.0878. The number of nitrogens with zero attached hydrogens (tertiary/aromatic N) is 4. The lowest BCUT2D eigenvalue weighted by atomic mass is 10.3. The fraction of sp³-hybridized carbons (Fsp3) is 0.182. The van der Waals surface area contributed by atoms with Gasteiger partial charge in [0.2, 0.25) is 11.7 Å². The number of benzene rings is 1. The highest BCUT2D eigenvalue weighted by atomic mass is 32.2. The van der Waals surface area contributed by atoms with Crippen molar-refractivity contribution in [3.05, 3.63) is 68.5 Å². The normalized spacial score (nSPS) is 11.3. The van der Waals surface area contributed by atoms with E-state index in [1.54, 1.807) is 22.0 Å². The summed E-state index contributed by atoms with van der Waals surface area (Å²) >= 11 is 4.25. The van der Waals surface area contributed by atoms with Crippen LogP contribution in [0.4, 0.5) is 5.69 Å². The van der Waals surface area contributed by atoms with Crippen LogP contribution >= 0.6 is 34.4 Å². The number of hydrogen-bond acceptors (Lipinski definition) is 8. The smallest absolute Gasteiger partial charge is 0.273 e. The van der Waals surface area contributed by atoms with E-state index in [4.69, 9.17) is 4.74 Å². The van der Waals surface area contributed by atoms with Crippen molar-refractivity contribution in [2.24, 2.45) is 0 Å². The predicted molar refractivity (Wildman–Crippen MR) is 133 cm³/mol. The van der Waals surface area contributed by atoms with E-state index in [9.17, 15) is 9.59 Å². The molecule has 11 heteroatoms. The van der Waals surface area contributed by atoms with Crippen molar-refractivity contribution in [3.8, 4) is 5.75 Å². The molecule has 5 aromatic rings. The number of para-hydroxylation sites is 2. The maximum absolute atomic E-state index is 13.1. The summed E-state index contributed by atoms with van der Waals surface area (Å²) in [5, 5.41) is 15.9. The van der Waals surface area contributed by atoms with E-state index >= 15 is 0 Å². The second kappa shape index (κ2) is 9.38. The second-order valence-electron chi connectivity index (χ2n) is 6.99. The Morgan fingerprint density at radius 2 is 2.00 bits per heavy atom. The van der Waals surface area contributed by atoms with Gasteiger partial charge in [-0.1, -0.05) is 30.0 Å². The average molecular weight is 498 g/mol. The lowest BCUT2D eigenvalue weighted by Gasteiger charge is -2.11. The van der Waals surface area contributed by atoms with E-state index < -0.39 is 0 Å². The van der Waals surface area contributed by atoms with Crippen LogP contribution in [0.15, 0.2) is 63.2 Å². The molecule has 168 valence electrons. The third-order valence-corrected chi connectivity index (χ3v) is 7.55. The van der Waals surface area contributed by atoms with Gasteiger partial charge < -0.3 is 10.1 Å². The summed E-state index contributed by atoms with van der Waals surface area (Å²) in [5.41, 5.74) is 1.29. The Kier molecular flexibility index (Phi) is 6.16. The van der Waals surface area contributed by atoms with Crippen LogP contribution in [0, 0.1) is 0 Å². The van der Waals surface area contributed by atoms with Crippen LogP contribution in [-0.2, 0) is 11.3 Å². The number of nitrogens with one attached hydrogen (secondary N) is 1. The van der Waals surface area contributed by atoms with Crippen molar-refractivity contribution >= 4 is 62.0 Å². The van der Waals surface area contributed by atoms with Crippen LogP contribution < -0.4 is 15.6 Å². The number of fused-ring (bicyclic) bond motifs is 3. The Morgan fingerprint density at radius 3 is 2.82 bits per heavy atom. The zero-order chi connectivity index (χ0) is 22.8. The third kappa shape index (κ3) is 4.26. The number of hydrogen-bond donors (Lipinski definition) is 1. The molecule has 0 bridgehead atoms. The number of amides is 1. The largest absolute Gasteiger partial charge is 0.492 e. The van der Waals surface area contributed by atoms with E-state index in [0.717, 1.165) is 10.4 Å². The molecule has 0 aliphatic carbocycles. The maximum atomic E-state index is 13.1. The fourth-order valence-electron chi connectivity index (χ4n) is 3.46. The molecule has 0 atom stereocenters. The van der Waals surface area contributed by atoms with Crippen LogP contribution in [0.2, 0.25) is 0 Å². The van der Waals surface area contributed by atoms with E-state index in [1.165, 1.54) is 23.1 Å².